The molecule has 2 atom stereocenters. The molecule has 2 saturated heterocycles. The Morgan fingerprint density at radius 2 is 1.85 bits per heavy atom. The topological polar surface area (TPSA) is 47.3 Å². The van der Waals surface area contributed by atoms with Crippen LogP contribution >= 0.6 is 24.0 Å². The molecule has 2 aromatic rings. The van der Waals surface area contributed by atoms with Gasteiger partial charge in [-0.25, -0.2) is 0 Å². The van der Waals surface area contributed by atoms with E-state index in [1.165, 1.54) is 25.7 Å². The summed E-state index contributed by atoms with van der Waals surface area (Å²) in [6.45, 7) is 0.569. The molecule has 3 heterocycles. The van der Waals surface area contributed by atoms with Gasteiger partial charge in [-0.3, -0.25) is 0 Å². The molecular formula is C20H24Cl2N2O2. The number of nitrogens with zero attached hydrogens (tertiary/aromatic N) is 1. The molecule has 0 amide bonds. The van der Waals surface area contributed by atoms with Crippen molar-refractivity contribution in [2.45, 2.75) is 69.2 Å². The Bertz CT molecular complexity index is 763. The van der Waals surface area contributed by atoms with Crippen molar-refractivity contribution >= 4 is 24.0 Å². The van der Waals surface area contributed by atoms with Crippen molar-refractivity contribution < 1.29 is 9.26 Å². The minimum atomic E-state index is 0. The van der Waals surface area contributed by atoms with Gasteiger partial charge in [0.1, 0.15) is 11.5 Å². The highest BCUT2D eigenvalue weighted by molar-refractivity contribution is 6.33. The summed E-state index contributed by atoms with van der Waals surface area (Å²) in [4.78, 5) is 0. The molecule has 1 aromatic heterocycles. The Balaban J connectivity index is 0.00000168. The van der Waals surface area contributed by atoms with Crippen LogP contribution in [0.2, 0.25) is 5.02 Å². The quantitative estimate of drug-likeness (QED) is 0.766. The third kappa shape index (κ3) is 3.53. The third-order valence-electron chi connectivity index (χ3n) is 5.79. The molecule has 26 heavy (non-hydrogen) atoms. The van der Waals surface area contributed by atoms with Gasteiger partial charge >= 0.3 is 0 Å². The molecule has 1 aliphatic carbocycles. The molecule has 140 valence electrons. The van der Waals surface area contributed by atoms with Crippen molar-refractivity contribution in [3.8, 4) is 11.3 Å². The summed E-state index contributed by atoms with van der Waals surface area (Å²) in [6, 6.07) is 9.11. The molecule has 5 rings (SSSR count). The van der Waals surface area contributed by atoms with Gasteiger partial charge in [-0.15, -0.1) is 12.4 Å². The van der Waals surface area contributed by atoms with Crippen LogP contribution in [0.5, 0.6) is 0 Å². The third-order valence-corrected chi connectivity index (χ3v) is 6.12. The summed E-state index contributed by atoms with van der Waals surface area (Å²) in [5, 5.41) is 8.74. The van der Waals surface area contributed by atoms with Gasteiger partial charge in [-0.2, -0.15) is 0 Å². The smallest absolute Gasteiger partial charge is 0.145 e. The maximum absolute atomic E-state index is 6.40. The van der Waals surface area contributed by atoms with Gasteiger partial charge in [0.2, 0.25) is 0 Å². The van der Waals surface area contributed by atoms with Gasteiger partial charge in [0.25, 0.3) is 0 Å². The lowest BCUT2D eigenvalue weighted by molar-refractivity contribution is 0.00876. The van der Waals surface area contributed by atoms with Crippen LogP contribution in [0.4, 0.5) is 0 Å². The molecule has 4 nitrogen and oxygen atoms in total. The van der Waals surface area contributed by atoms with Crippen molar-refractivity contribution in [3.05, 3.63) is 40.6 Å². The van der Waals surface area contributed by atoms with E-state index in [1.54, 1.807) is 0 Å². The highest BCUT2D eigenvalue weighted by atomic mass is 35.5. The molecule has 2 bridgehead atoms. The Kier molecular flexibility index (Phi) is 5.29. The number of ether oxygens (including phenoxy) is 1. The lowest BCUT2D eigenvalue weighted by Gasteiger charge is -2.29. The highest BCUT2D eigenvalue weighted by Crippen LogP contribution is 2.45. The minimum Gasteiger partial charge on any atom is -0.373 e. The van der Waals surface area contributed by atoms with Crippen molar-refractivity contribution in [1.29, 1.82) is 0 Å². The molecule has 1 N–H and O–H groups in total. The molecular weight excluding hydrogens is 371 g/mol. The fourth-order valence-electron chi connectivity index (χ4n) is 4.33. The molecule has 6 heteroatoms. The lowest BCUT2D eigenvalue weighted by atomic mass is 10.0. The van der Waals surface area contributed by atoms with E-state index in [0.29, 0.717) is 35.7 Å². The number of rotatable bonds is 5. The van der Waals surface area contributed by atoms with Gasteiger partial charge in [0.15, 0.2) is 0 Å². The van der Waals surface area contributed by atoms with E-state index < -0.39 is 0 Å². The molecule has 0 radical (unpaired) electrons. The molecule has 3 fully saturated rings. The van der Waals surface area contributed by atoms with Gasteiger partial charge in [0.05, 0.1) is 17.7 Å². The number of benzene rings is 1. The second-order valence-electron chi connectivity index (χ2n) is 7.67. The van der Waals surface area contributed by atoms with Crippen molar-refractivity contribution in [2.75, 3.05) is 0 Å². The number of hydrogen-bond acceptors (Lipinski definition) is 4. The zero-order chi connectivity index (χ0) is 16.8. The molecule has 0 spiro atoms. The van der Waals surface area contributed by atoms with Crippen LogP contribution in [0.15, 0.2) is 28.8 Å². The largest absolute Gasteiger partial charge is 0.373 e. The van der Waals surface area contributed by atoms with Crippen LogP contribution in [0, 0.1) is 0 Å². The minimum absolute atomic E-state index is 0. The maximum atomic E-state index is 6.40. The van der Waals surface area contributed by atoms with E-state index in [2.05, 4.69) is 10.5 Å². The summed E-state index contributed by atoms with van der Waals surface area (Å²) in [7, 11) is 0. The van der Waals surface area contributed by atoms with Crippen LogP contribution in [-0.4, -0.2) is 23.3 Å². The Hall–Kier alpha value is -1.07. The fraction of sp³-hybridized carbons (Fsp3) is 0.550. The Morgan fingerprint density at radius 3 is 2.54 bits per heavy atom. The highest BCUT2D eigenvalue weighted by Gasteiger charge is 2.36. The summed E-state index contributed by atoms with van der Waals surface area (Å²) >= 11 is 6.40. The number of halogens is 2. The predicted octanol–water partition coefficient (Wildman–Crippen LogP) is 5.09. The monoisotopic (exact) mass is 394 g/mol. The maximum Gasteiger partial charge on any atom is 0.145 e. The van der Waals surface area contributed by atoms with Crippen LogP contribution in [-0.2, 0) is 11.3 Å². The molecule has 2 unspecified atom stereocenters. The molecule has 3 aliphatic rings. The second-order valence-corrected chi connectivity index (χ2v) is 8.08. The lowest BCUT2D eigenvalue weighted by Crippen LogP contribution is -2.41. The molecule has 1 saturated carbocycles. The Morgan fingerprint density at radius 1 is 1.12 bits per heavy atom. The summed E-state index contributed by atoms with van der Waals surface area (Å²) < 4.78 is 12.1. The van der Waals surface area contributed by atoms with E-state index in [9.17, 15) is 0 Å². The van der Waals surface area contributed by atoms with E-state index in [-0.39, 0.29) is 12.4 Å². The van der Waals surface area contributed by atoms with Gasteiger partial charge in [0, 0.05) is 29.1 Å². The van der Waals surface area contributed by atoms with Crippen molar-refractivity contribution in [2.24, 2.45) is 0 Å². The average Bonchev–Trinajstić information content (AvgIpc) is 3.30. The normalized spacial score (nSPS) is 27.3. The van der Waals surface area contributed by atoms with E-state index >= 15 is 0 Å². The predicted molar refractivity (Wildman–Crippen MR) is 104 cm³/mol. The summed E-state index contributed by atoms with van der Waals surface area (Å²) in [5.74, 6) is 1.51. The first kappa shape index (κ1) is 18.3. The fourth-order valence-corrected chi connectivity index (χ4v) is 4.56. The van der Waals surface area contributed by atoms with E-state index in [4.69, 9.17) is 20.9 Å². The van der Waals surface area contributed by atoms with Crippen LogP contribution in [0.3, 0.4) is 0 Å². The van der Waals surface area contributed by atoms with Crippen molar-refractivity contribution in [1.82, 2.24) is 10.5 Å². The Labute approximate surface area is 165 Å². The van der Waals surface area contributed by atoms with Crippen LogP contribution in [0.1, 0.15) is 55.8 Å². The molecule has 1 aromatic carbocycles. The number of aromatic nitrogens is 1. The molecule has 2 aliphatic heterocycles. The number of hydrogen-bond donors (Lipinski definition) is 1. The van der Waals surface area contributed by atoms with Gasteiger partial charge in [-0.1, -0.05) is 35.0 Å². The van der Waals surface area contributed by atoms with E-state index in [1.807, 2.05) is 24.3 Å². The first-order valence-electron chi connectivity index (χ1n) is 9.39. The van der Waals surface area contributed by atoms with Crippen LogP contribution < -0.4 is 5.32 Å². The first-order valence-corrected chi connectivity index (χ1v) is 9.76. The summed E-state index contributed by atoms with van der Waals surface area (Å²) in [6.07, 6.45) is 7.50. The zero-order valence-electron chi connectivity index (χ0n) is 14.6. The second kappa shape index (κ2) is 7.51. The van der Waals surface area contributed by atoms with Gasteiger partial charge in [-0.05, 0) is 44.6 Å². The summed E-state index contributed by atoms with van der Waals surface area (Å²) in [5.41, 5.74) is 2.88. The zero-order valence-corrected chi connectivity index (χ0v) is 16.2. The number of nitrogens with one attached hydrogen (secondary N) is 1. The SMILES string of the molecule is Cl.Clc1ccccc1-c1noc(C2CC2)c1COC1CC2CCC(C1)N2. The number of piperidine rings is 1. The van der Waals surface area contributed by atoms with Gasteiger partial charge < -0.3 is 14.6 Å². The first-order chi connectivity index (χ1) is 12.3. The van der Waals surface area contributed by atoms with Crippen LogP contribution in [0.25, 0.3) is 11.3 Å². The number of fused-ring (bicyclic) bond motifs is 2. The standard InChI is InChI=1S/C20H23ClN2O2.ClH/c21-18-4-2-1-3-16(18)19-17(20(25-23-19)12-5-6-12)11-24-15-9-13-7-8-14(10-15)22-13;/h1-4,12-15,22H,5-11H2;1H. The van der Waals surface area contributed by atoms with E-state index in [0.717, 1.165) is 35.4 Å². The average molecular weight is 395 g/mol. The van der Waals surface area contributed by atoms with Crippen molar-refractivity contribution in [3.63, 3.8) is 0 Å².